The van der Waals surface area contributed by atoms with Gasteiger partial charge in [0, 0.05) is 79.3 Å². The second kappa shape index (κ2) is 20.6. The topological polar surface area (TPSA) is 61.4 Å². The van der Waals surface area contributed by atoms with Gasteiger partial charge in [-0.25, -0.2) is 0 Å². The number of fused-ring (bicyclic) bond motifs is 18. The zero-order chi connectivity index (χ0) is 58.4. The molecule has 4 aromatic heterocycles. The van der Waals surface area contributed by atoms with E-state index >= 15 is 0 Å². The van der Waals surface area contributed by atoms with Crippen molar-refractivity contribution in [3.05, 3.63) is 303 Å². The third-order valence-electron chi connectivity index (χ3n) is 17.9. The fourth-order valence-electron chi connectivity index (χ4n) is 13.7. The molecule has 0 spiro atoms. The standard InChI is InChI=1S/C46H29N3.C36H25N3/c1-3-9-30(10-4-1)34-18-23-43-41(28-34)42-29-35(31-11-5-2-6-12-31)19-24-44(42)49(43)36-20-15-32(16-21-36)33-17-22-39-40(27-33)37-13-7-8-14-38(37)45-46(39)48-26-25-47-45;1-22-7-15-33-31(19-22)32-20-23(2)8-16-34(32)39(33)26-12-9-24(10-13-26)25-11-14-29-30(21-25)27-5-3-4-6-28(27)35-36(29)38-18-17-37-35/h1-29H;3-21H,1-2H3. The Bertz CT molecular complexity index is 5580. The largest absolute Gasteiger partial charge is 0.309 e. The molecule has 412 valence electrons. The highest BCUT2D eigenvalue weighted by Gasteiger charge is 2.19. The molecule has 6 nitrogen and oxygen atoms in total. The second-order valence-corrected chi connectivity index (χ2v) is 23.1. The van der Waals surface area contributed by atoms with E-state index in [2.05, 4.69) is 295 Å². The molecule has 0 aliphatic carbocycles. The molecule has 4 heterocycles. The predicted molar refractivity (Wildman–Crippen MR) is 369 cm³/mol. The van der Waals surface area contributed by atoms with Crippen LogP contribution in [-0.2, 0) is 0 Å². The van der Waals surface area contributed by atoms with Crippen molar-refractivity contribution >= 4 is 109 Å². The zero-order valence-electron chi connectivity index (χ0n) is 48.4. The Balaban J connectivity index is 0.000000140. The van der Waals surface area contributed by atoms with Gasteiger partial charge in [-0.05, 0) is 165 Å². The maximum Gasteiger partial charge on any atom is 0.0971 e. The summed E-state index contributed by atoms with van der Waals surface area (Å²) in [5.41, 5.74) is 23.1. The Hall–Kier alpha value is -11.6. The third-order valence-corrected chi connectivity index (χ3v) is 17.9. The average molecular weight is 1120 g/mol. The van der Waals surface area contributed by atoms with Crippen LogP contribution in [-0.4, -0.2) is 29.1 Å². The molecule has 0 saturated heterocycles. The molecule has 0 fully saturated rings. The zero-order valence-corrected chi connectivity index (χ0v) is 48.4. The van der Waals surface area contributed by atoms with E-state index in [1.807, 2.05) is 0 Å². The maximum atomic E-state index is 4.73. The van der Waals surface area contributed by atoms with Gasteiger partial charge in [0.1, 0.15) is 0 Å². The Morgan fingerprint density at radius 1 is 0.205 bits per heavy atom. The van der Waals surface area contributed by atoms with Crippen LogP contribution >= 0.6 is 0 Å². The molecule has 0 aliphatic rings. The molecule has 88 heavy (non-hydrogen) atoms. The summed E-state index contributed by atoms with van der Waals surface area (Å²) < 4.78 is 4.78. The minimum absolute atomic E-state index is 0.940. The summed E-state index contributed by atoms with van der Waals surface area (Å²) in [4.78, 5) is 18.8. The molecule has 18 rings (SSSR count). The minimum Gasteiger partial charge on any atom is -0.309 e. The Morgan fingerprint density at radius 2 is 0.477 bits per heavy atom. The Kier molecular flexibility index (Phi) is 11.9. The van der Waals surface area contributed by atoms with E-state index in [9.17, 15) is 0 Å². The van der Waals surface area contributed by atoms with Crippen molar-refractivity contribution < 1.29 is 0 Å². The lowest BCUT2D eigenvalue weighted by Gasteiger charge is -2.12. The fraction of sp³-hybridized carbons (Fsp3) is 0.0244. The van der Waals surface area contributed by atoms with Crippen LogP contribution in [0.15, 0.2) is 292 Å². The van der Waals surface area contributed by atoms with Crippen LogP contribution in [0.4, 0.5) is 0 Å². The highest BCUT2D eigenvalue weighted by Crippen LogP contribution is 2.41. The van der Waals surface area contributed by atoms with Gasteiger partial charge in [-0.3, -0.25) is 19.9 Å². The van der Waals surface area contributed by atoms with Crippen LogP contribution in [0.2, 0.25) is 0 Å². The van der Waals surface area contributed by atoms with Crippen LogP contribution in [0.25, 0.3) is 165 Å². The van der Waals surface area contributed by atoms with Crippen molar-refractivity contribution in [1.82, 2.24) is 29.1 Å². The Labute approximate surface area is 507 Å². The molecular formula is C82H54N6. The first-order valence-corrected chi connectivity index (χ1v) is 30.0. The highest BCUT2D eigenvalue weighted by molar-refractivity contribution is 6.25. The summed E-state index contributed by atoms with van der Waals surface area (Å²) in [6.45, 7) is 4.32. The van der Waals surface area contributed by atoms with E-state index in [-0.39, 0.29) is 0 Å². The lowest BCUT2D eigenvalue weighted by atomic mass is 9.95. The molecule has 0 saturated carbocycles. The summed E-state index contributed by atoms with van der Waals surface area (Å²) in [6.07, 6.45) is 7.11. The van der Waals surface area contributed by atoms with E-state index in [4.69, 9.17) is 15.0 Å². The number of nitrogens with zero attached hydrogens (tertiary/aromatic N) is 6. The van der Waals surface area contributed by atoms with Gasteiger partial charge < -0.3 is 9.13 Å². The molecule has 0 aliphatic heterocycles. The molecule has 18 aromatic rings. The first kappa shape index (κ1) is 50.9. The second-order valence-electron chi connectivity index (χ2n) is 23.1. The van der Waals surface area contributed by atoms with E-state index < -0.39 is 0 Å². The highest BCUT2D eigenvalue weighted by atomic mass is 15.0. The van der Waals surface area contributed by atoms with Gasteiger partial charge in [0.25, 0.3) is 0 Å². The van der Waals surface area contributed by atoms with Crippen molar-refractivity contribution in [2.75, 3.05) is 0 Å². The quantitative estimate of drug-likeness (QED) is 0.156. The van der Waals surface area contributed by atoms with Crippen LogP contribution in [0, 0.1) is 13.8 Å². The summed E-state index contributed by atoms with van der Waals surface area (Å²) in [6, 6.07) is 96.8. The average Bonchev–Trinajstić information content (AvgIpc) is 1.98. The lowest BCUT2D eigenvalue weighted by Crippen LogP contribution is -1.94. The molecule has 0 radical (unpaired) electrons. The first-order valence-electron chi connectivity index (χ1n) is 30.0. The summed E-state index contributed by atoms with van der Waals surface area (Å²) in [7, 11) is 0. The van der Waals surface area contributed by atoms with Gasteiger partial charge in [-0.2, -0.15) is 0 Å². The van der Waals surface area contributed by atoms with Gasteiger partial charge in [0.2, 0.25) is 0 Å². The van der Waals surface area contributed by atoms with Crippen LogP contribution < -0.4 is 0 Å². The van der Waals surface area contributed by atoms with Crippen molar-refractivity contribution in [3.8, 4) is 55.9 Å². The Morgan fingerprint density at radius 3 is 0.852 bits per heavy atom. The van der Waals surface area contributed by atoms with E-state index in [1.165, 1.54) is 126 Å². The molecule has 6 heteroatoms. The molecule has 0 atom stereocenters. The van der Waals surface area contributed by atoms with Crippen LogP contribution in [0.5, 0.6) is 0 Å². The van der Waals surface area contributed by atoms with E-state index in [0.717, 1.165) is 49.3 Å². The van der Waals surface area contributed by atoms with Crippen molar-refractivity contribution in [3.63, 3.8) is 0 Å². The third kappa shape index (κ3) is 8.40. The molecule has 0 amide bonds. The van der Waals surface area contributed by atoms with Gasteiger partial charge >= 0.3 is 0 Å². The van der Waals surface area contributed by atoms with Crippen LogP contribution in [0.3, 0.4) is 0 Å². The van der Waals surface area contributed by atoms with Gasteiger partial charge in [0.05, 0.1) is 44.1 Å². The normalized spacial score (nSPS) is 11.8. The predicted octanol–water partition coefficient (Wildman–Crippen LogP) is 21.4. The first-order chi connectivity index (χ1) is 43.5. The minimum atomic E-state index is 0.940. The maximum absolute atomic E-state index is 4.73. The number of rotatable bonds is 6. The molecule has 14 aromatic carbocycles. The van der Waals surface area contributed by atoms with Gasteiger partial charge in [-0.1, -0.05) is 193 Å². The van der Waals surface area contributed by atoms with Gasteiger partial charge in [-0.15, -0.1) is 0 Å². The van der Waals surface area contributed by atoms with Crippen LogP contribution in [0.1, 0.15) is 11.1 Å². The molecule has 0 unspecified atom stereocenters. The summed E-state index contributed by atoms with van der Waals surface area (Å²) >= 11 is 0. The number of hydrogen-bond donors (Lipinski definition) is 0. The summed E-state index contributed by atoms with van der Waals surface area (Å²) in [5.74, 6) is 0. The van der Waals surface area contributed by atoms with Crippen molar-refractivity contribution in [2.24, 2.45) is 0 Å². The number of hydrogen-bond acceptors (Lipinski definition) is 4. The summed E-state index contributed by atoms with van der Waals surface area (Å²) in [5, 5.41) is 14.4. The van der Waals surface area contributed by atoms with Crippen molar-refractivity contribution in [2.45, 2.75) is 13.8 Å². The molecule has 0 bridgehead atoms. The van der Waals surface area contributed by atoms with E-state index in [0.29, 0.717) is 0 Å². The number of aryl methyl sites for hydroxylation is 2. The fourth-order valence-corrected chi connectivity index (χ4v) is 13.7. The van der Waals surface area contributed by atoms with Crippen molar-refractivity contribution in [1.29, 1.82) is 0 Å². The number of benzene rings is 14. The van der Waals surface area contributed by atoms with Gasteiger partial charge in [0.15, 0.2) is 0 Å². The lowest BCUT2D eigenvalue weighted by molar-refractivity contribution is 1.18. The van der Waals surface area contributed by atoms with E-state index in [1.54, 1.807) is 24.8 Å². The smallest absolute Gasteiger partial charge is 0.0971 e. The molecular weight excluding hydrogens is 1070 g/mol. The molecule has 0 N–H and O–H groups in total. The monoisotopic (exact) mass is 1120 g/mol. The number of aromatic nitrogens is 6. The SMILES string of the molecule is Cc1ccc2c(c1)c1cc(C)ccc1n2-c1ccc(-c2ccc3c(c2)c2ccccc2c2nccnc32)cc1.c1ccc(-c2ccc3c(c2)c2cc(-c4ccccc4)ccc2n3-c2ccc(-c3ccc4c(c3)c3ccccc3c3nccnc43)cc2)cc1.